The molecule has 3 N–H and O–H groups in total. The van der Waals surface area contributed by atoms with Crippen molar-refractivity contribution in [3.63, 3.8) is 0 Å². The summed E-state index contributed by atoms with van der Waals surface area (Å²) in [7, 11) is 0. The van der Waals surface area contributed by atoms with E-state index in [1.807, 2.05) is 0 Å². The first-order chi connectivity index (χ1) is 9.84. The van der Waals surface area contributed by atoms with Gasteiger partial charge < -0.3 is 11.1 Å². The van der Waals surface area contributed by atoms with Crippen LogP contribution in [-0.2, 0) is 10.3 Å². The lowest BCUT2D eigenvalue weighted by atomic mass is 9.90. The third-order valence-corrected chi connectivity index (χ3v) is 4.02. The summed E-state index contributed by atoms with van der Waals surface area (Å²) in [6, 6.07) is 10.6. The number of nitrogens with two attached hydrogens (primary N) is 1. The van der Waals surface area contributed by atoms with Crippen LogP contribution in [0.1, 0.15) is 12.5 Å². The maximum absolute atomic E-state index is 13.3. The van der Waals surface area contributed by atoms with E-state index in [2.05, 4.69) is 5.32 Å². The van der Waals surface area contributed by atoms with E-state index in [1.54, 1.807) is 31.2 Å². The molecule has 0 bridgehead atoms. The molecule has 0 saturated heterocycles. The summed E-state index contributed by atoms with van der Waals surface area (Å²) in [5.74, 6) is -1.08. The van der Waals surface area contributed by atoms with Gasteiger partial charge in [-0.3, -0.25) is 4.79 Å². The fraction of sp³-hybridized carbons (Fsp3) is 0.133. The van der Waals surface area contributed by atoms with Crippen molar-refractivity contribution < 1.29 is 9.18 Å². The second kappa shape index (κ2) is 5.92. The quantitative estimate of drug-likeness (QED) is 0.893. The number of primary amides is 1. The number of benzene rings is 2. The molecule has 0 fully saturated rings. The van der Waals surface area contributed by atoms with Gasteiger partial charge >= 0.3 is 0 Å². The summed E-state index contributed by atoms with van der Waals surface area (Å²) < 4.78 is 13.3. The second-order valence-corrected chi connectivity index (χ2v) is 5.51. The first-order valence-corrected chi connectivity index (χ1v) is 6.88. The van der Waals surface area contributed by atoms with Crippen LogP contribution in [0.4, 0.5) is 10.1 Å². The van der Waals surface area contributed by atoms with Gasteiger partial charge in [0, 0.05) is 11.3 Å². The Labute approximate surface area is 131 Å². The molecule has 1 atom stereocenters. The van der Waals surface area contributed by atoms with Crippen molar-refractivity contribution in [1.82, 2.24) is 0 Å². The Morgan fingerprint density at radius 3 is 2.52 bits per heavy atom. The van der Waals surface area contributed by atoms with E-state index in [4.69, 9.17) is 28.9 Å². The van der Waals surface area contributed by atoms with Gasteiger partial charge in [0.1, 0.15) is 11.4 Å². The number of amides is 1. The van der Waals surface area contributed by atoms with E-state index >= 15 is 0 Å². The lowest BCUT2D eigenvalue weighted by Gasteiger charge is -2.30. The van der Waals surface area contributed by atoms with Crippen molar-refractivity contribution >= 4 is 34.8 Å². The molecule has 6 heteroatoms. The smallest absolute Gasteiger partial charge is 0.247 e. The lowest BCUT2D eigenvalue weighted by Crippen LogP contribution is -2.45. The first kappa shape index (κ1) is 15.6. The van der Waals surface area contributed by atoms with Gasteiger partial charge in [-0.05, 0) is 31.2 Å². The number of nitrogens with one attached hydrogen (secondary N) is 1. The molecule has 0 aliphatic carbocycles. The monoisotopic (exact) mass is 326 g/mol. The Morgan fingerprint density at radius 2 is 1.90 bits per heavy atom. The number of rotatable bonds is 4. The third kappa shape index (κ3) is 3.12. The number of hydrogen-bond acceptors (Lipinski definition) is 2. The number of carbonyl (C=O) groups is 1. The van der Waals surface area contributed by atoms with Gasteiger partial charge in [-0.1, -0.05) is 41.4 Å². The molecule has 0 radical (unpaired) electrons. The molecule has 21 heavy (non-hydrogen) atoms. The molecule has 0 saturated carbocycles. The van der Waals surface area contributed by atoms with Crippen molar-refractivity contribution in [2.24, 2.45) is 5.73 Å². The van der Waals surface area contributed by atoms with Crippen molar-refractivity contribution in [3.8, 4) is 0 Å². The molecule has 0 spiro atoms. The van der Waals surface area contributed by atoms with E-state index in [0.717, 1.165) is 0 Å². The maximum atomic E-state index is 13.3. The predicted octanol–water partition coefficient (Wildman–Crippen LogP) is 3.95. The van der Waals surface area contributed by atoms with Crippen LogP contribution in [-0.4, -0.2) is 5.91 Å². The molecule has 0 aromatic heterocycles. The highest BCUT2D eigenvalue weighted by atomic mass is 35.5. The first-order valence-electron chi connectivity index (χ1n) is 6.13. The average Bonchev–Trinajstić information content (AvgIpc) is 2.41. The van der Waals surface area contributed by atoms with Gasteiger partial charge in [0.15, 0.2) is 0 Å². The highest BCUT2D eigenvalue weighted by molar-refractivity contribution is 6.42. The minimum Gasteiger partial charge on any atom is -0.368 e. The molecule has 3 nitrogen and oxygen atoms in total. The maximum Gasteiger partial charge on any atom is 0.247 e. The zero-order chi connectivity index (χ0) is 15.6. The molecule has 0 heterocycles. The van der Waals surface area contributed by atoms with E-state index in [9.17, 15) is 9.18 Å². The van der Waals surface area contributed by atoms with Gasteiger partial charge in [0.25, 0.3) is 0 Å². The van der Waals surface area contributed by atoms with Gasteiger partial charge in [0.2, 0.25) is 5.91 Å². The zero-order valence-electron chi connectivity index (χ0n) is 11.2. The average molecular weight is 327 g/mol. The van der Waals surface area contributed by atoms with Crippen LogP contribution in [0.3, 0.4) is 0 Å². The van der Waals surface area contributed by atoms with Crippen molar-refractivity contribution in [2.75, 3.05) is 5.32 Å². The molecule has 2 aromatic carbocycles. The number of anilines is 1. The summed E-state index contributed by atoms with van der Waals surface area (Å²) >= 11 is 12.1. The SMILES string of the molecule is CC(Nc1cccc(F)c1)(C(N)=O)c1cccc(Cl)c1Cl. The Hall–Kier alpha value is -1.78. The van der Waals surface area contributed by atoms with Crippen LogP contribution in [0, 0.1) is 5.82 Å². The fourth-order valence-electron chi connectivity index (χ4n) is 2.01. The highest BCUT2D eigenvalue weighted by Crippen LogP contribution is 2.35. The van der Waals surface area contributed by atoms with Crippen molar-refractivity contribution in [1.29, 1.82) is 0 Å². The molecule has 110 valence electrons. The van der Waals surface area contributed by atoms with E-state index in [0.29, 0.717) is 16.3 Å². The highest BCUT2D eigenvalue weighted by Gasteiger charge is 2.35. The Bertz CT molecular complexity index is 693. The minimum atomic E-state index is -1.32. The van der Waals surface area contributed by atoms with Crippen LogP contribution in [0.2, 0.25) is 10.0 Å². The molecular weight excluding hydrogens is 314 g/mol. The van der Waals surface area contributed by atoms with Gasteiger partial charge in [-0.2, -0.15) is 0 Å². The van der Waals surface area contributed by atoms with Crippen molar-refractivity contribution in [2.45, 2.75) is 12.5 Å². The van der Waals surface area contributed by atoms with Crippen LogP contribution >= 0.6 is 23.2 Å². The molecule has 0 aliphatic heterocycles. The van der Waals surface area contributed by atoms with E-state index in [1.165, 1.54) is 18.2 Å². The zero-order valence-corrected chi connectivity index (χ0v) is 12.7. The molecule has 2 aromatic rings. The summed E-state index contributed by atoms with van der Waals surface area (Å²) in [4.78, 5) is 11.9. The van der Waals surface area contributed by atoms with Gasteiger partial charge in [-0.25, -0.2) is 4.39 Å². The Balaban J connectivity index is 2.51. The van der Waals surface area contributed by atoms with Crippen LogP contribution in [0.5, 0.6) is 0 Å². The van der Waals surface area contributed by atoms with Crippen LogP contribution in [0.15, 0.2) is 42.5 Å². The van der Waals surface area contributed by atoms with E-state index in [-0.39, 0.29) is 5.02 Å². The Kier molecular flexibility index (Phi) is 4.40. The number of hydrogen-bond donors (Lipinski definition) is 2. The standard InChI is InChI=1S/C15H13Cl2FN2O/c1-15(14(19)21,11-6-3-7-12(16)13(11)17)20-10-5-2-4-9(18)8-10/h2-8,20H,1H3,(H2,19,21). The molecule has 0 aliphatic rings. The second-order valence-electron chi connectivity index (χ2n) is 4.73. The number of carbonyl (C=O) groups excluding carboxylic acids is 1. The van der Waals surface area contributed by atoms with Gasteiger partial charge in [-0.15, -0.1) is 0 Å². The summed E-state index contributed by atoms with van der Waals surface area (Å²) in [6.07, 6.45) is 0. The molecule has 2 rings (SSSR count). The normalized spacial score (nSPS) is 13.5. The largest absolute Gasteiger partial charge is 0.368 e. The molecule has 1 amide bonds. The van der Waals surface area contributed by atoms with Crippen LogP contribution < -0.4 is 11.1 Å². The van der Waals surface area contributed by atoms with E-state index < -0.39 is 17.3 Å². The van der Waals surface area contributed by atoms with Crippen molar-refractivity contribution in [3.05, 3.63) is 63.9 Å². The fourth-order valence-corrected chi connectivity index (χ4v) is 2.50. The summed E-state index contributed by atoms with van der Waals surface area (Å²) in [6.45, 7) is 1.57. The number of halogens is 3. The summed E-state index contributed by atoms with van der Waals surface area (Å²) in [5, 5.41) is 3.46. The predicted molar refractivity (Wildman–Crippen MR) is 83.0 cm³/mol. The summed E-state index contributed by atoms with van der Waals surface area (Å²) in [5.41, 5.74) is 5.02. The van der Waals surface area contributed by atoms with Crippen LogP contribution in [0.25, 0.3) is 0 Å². The molecular formula is C15H13Cl2FN2O. The topological polar surface area (TPSA) is 55.1 Å². The molecule has 1 unspecified atom stereocenters. The van der Waals surface area contributed by atoms with Gasteiger partial charge in [0.05, 0.1) is 10.0 Å². The Morgan fingerprint density at radius 1 is 1.24 bits per heavy atom. The third-order valence-electron chi connectivity index (χ3n) is 3.20. The minimum absolute atomic E-state index is 0.226. The lowest BCUT2D eigenvalue weighted by molar-refractivity contribution is -0.122.